The van der Waals surface area contributed by atoms with E-state index in [1.165, 1.54) is 18.2 Å². The third-order valence-electron chi connectivity index (χ3n) is 5.56. The van der Waals surface area contributed by atoms with Gasteiger partial charge in [-0.05, 0) is 48.6 Å². The maximum absolute atomic E-state index is 12.9. The summed E-state index contributed by atoms with van der Waals surface area (Å²) >= 11 is 0. The van der Waals surface area contributed by atoms with E-state index in [-0.39, 0.29) is 19.4 Å². The fourth-order valence-electron chi connectivity index (χ4n) is 3.72. The van der Waals surface area contributed by atoms with Gasteiger partial charge in [-0.2, -0.15) is 13.2 Å². The van der Waals surface area contributed by atoms with Crippen LogP contribution in [0.3, 0.4) is 0 Å². The highest BCUT2D eigenvalue weighted by molar-refractivity contribution is 5.89. The van der Waals surface area contributed by atoms with E-state index < -0.39 is 29.9 Å². The number of aliphatic hydroxyl groups excluding tert-OH is 1. The van der Waals surface area contributed by atoms with Crippen molar-refractivity contribution >= 4 is 12.1 Å². The van der Waals surface area contributed by atoms with Crippen LogP contribution in [-0.4, -0.2) is 66.6 Å². The minimum Gasteiger partial charge on any atom is -0.465 e. The van der Waals surface area contributed by atoms with E-state index in [1.807, 2.05) is 0 Å². The van der Waals surface area contributed by atoms with E-state index in [9.17, 15) is 27.9 Å². The summed E-state index contributed by atoms with van der Waals surface area (Å²) in [4.78, 5) is 23.9. The second-order valence-corrected chi connectivity index (χ2v) is 7.97. The summed E-state index contributed by atoms with van der Waals surface area (Å²) in [7, 11) is 1.31. The van der Waals surface area contributed by atoms with Crippen LogP contribution in [0.15, 0.2) is 48.5 Å². The maximum atomic E-state index is 12.9. The highest BCUT2D eigenvalue weighted by atomic mass is 19.4. The molecule has 3 rings (SSSR count). The molecule has 34 heavy (non-hydrogen) atoms. The lowest BCUT2D eigenvalue weighted by molar-refractivity contribution is -0.137. The van der Waals surface area contributed by atoms with Gasteiger partial charge in [-0.25, -0.2) is 19.6 Å². The molecule has 0 spiro atoms. The average molecular weight is 480 g/mol. The molecular weight excluding hydrogens is 453 g/mol. The first-order valence-electron chi connectivity index (χ1n) is 10.9. The molecule has 0 aliphatic carbocycles. The monoisotopic (exact) mass is 480 g/mol. The van der Waals surface area contributed by atoms with Gasteiger partial charge in [0.25, 0.3) is 0 Å². The molecule has 1 amide bonds. The van der Waals surface area contributed by atoms with Gasteiger partial charge in [0, 0.05) is 13.1 Å². The highest BCUT2D eigenvalue weighted by Gasteiger charge is 2.31. The number of halogens is 3. The summed E-state index contributed by atoms with van der Waals surface area (Å²) in [5.74, 6) is -0.430. The smallest absolute Gasteiger partial charge is 0.424 e. The van der Waals surface area contributed by atoms with Crippen LogP contribution in [-0.2, 0) is 28.5 Å². The van der Waals surface area contributed by atoms with Crippen molar-refractivity contribution in [3.8, 4) is 0 Å². The minimum atomic E-state index is -4.44. The third-order valence-corrected chi connectivity index (χ3v) is 5.56. The Labute approximate surface area is 195 Å². The van der Waals surface area contributed by atoms with E-state index in [0.29, 0.717) is 37.2 Å². The Morgan fingerprint density at radius 1 is 1.15 bits per heavy atom. The molecule has 1 aliphatic rings. The zero-order valence-corrected chi connectivity index (χ0v) is 18.8. The topological polar surface area (TPSA) is 79.3 Å². The summed E-state index contributed by atoms with van der Waals surface area (Å²) in [6, 6.07) is 11.8. The molecule has 1 saturated heterocycles. The van der Waals surface area contributed by atoms with Crippen LogP contribution >= 0.6 is 0 Å². The third kappa shape index (κ3) is 6.94. The van der Waals surface area contributed by atoms with E-state index >= 15 is 0 Å². The largest absolute Gasteiger partial charge is 0.465 e. The van der Waals surface area contributed by atoms with Crippen LogP contribution in [0.1, 0.15) is 33.5 Å². The molecule has 10 heteroatoms. The van der Waals surface area contributed by atoms with Gasteiger partial charge in [0.2, 0.25) is 0 Å². The second kappa shape index (κ2) is 11.3. The number of benzene rings is 2. The molecular formula is C24H27F3N2O5. The van der Waals surface area contributed by atoms with Gasteiger partial charge in [0.15, 0.2) is 0 Å². The zero-order chi connectivity index (χ0) is 24.7. The molecule has 1 N–H and O–H groups in total. The first kappa shape index (κ1) is 25.5. The summed E-state index contributed by atoms with van der Waals surface area (Å²) in [6.45, 7) is 1.34. The Morgan fingerprint density at radius 3 is 2.56 bits per heavy atom. The Balaban J connectivity index is 1.54. The summed E-state index contributed by atoms with van der Waals surface area (Å²) < 4.78 is 48.5. The van der Waals surface area contributed by atoms with Crippen LogP contribution in [0, 0.1) is 0 Å². The number of alkyl halides is 3. The Hall–Kier alpha value is -3.11. The number of hydrogen-bond acceptors (Lipinski definition) is 6. The van der Waals surface area contributed by atoms with Gasteiger partial charge in [0.1, 0.15) is 6.61 Å². The van der Waals surface area contributed by atoms with Gasteiger partial charge in [-0.15, -0.1) is 0 Å². The fraction of sp³-hybridized carbons (Fsp3) is 0.417. The fourth-order valence-corrected chi connectivity index (χ4v) is 3.72. The number of nitrogens with zero attached hydrogens (tertiary/aromatic N) is 2. The Morgan fingerprint density at radius 2 is 1.88 bits per heavy atom. The number of esters is 1. The van der Waals surface area contributed by atoms with Gasteiger partial charge >= 0.3 is 18.2 Å². The lowest BCUT2D eigenvalue weighted by Crippen LogP contribution is -2.53. The molecule has 0 bridgehead atoms. The standard InChI is InChI=1S/C24H27F3N2O5/c1-33-22(31)19-7-5-17(6-8-19)9-12-29-23(32)34-14-13-28(29)11-10-21(30)16-18-3-2-4-20(15-18)24(25,26)27/h2-8,15,21,30H,9-14,16H2,1H3. The van der Waals surface area contributed by atoms with Gasteiger partial charge < -0.3 is 14.6 Å². The molecule has 7 nitrogen and oxygen atoms in total. The quantitative estimate of drug-likeness (QED) is 0.552. The van der Waals surface area contributed by atoms with Crippen LogP contribution in [0.25, 0.3) is 0 Å². The van der Waals surface area contributed by atoms with Gasteiger partial charge in [-0.1, -0.05) is 30.3 Å². The van der Waals surface area contributed by atoms with Crippen molar-refractivity contribution in [3.63, 3.8) is 0 Å². The average Bonchev–Trinajstić information content (AvgIpc) is 2.81. The van der Waals surface area contributed by atoms with Crippen molar-refractivity contribution in [1.82, 2.24) is 10.0 Å². The molecule has 0 saturated carbocycles. The van der Waals surface area contributed by atoms with Crippen LogP contribution < -0.4 is 0 Å². The van der Waals surface area contributed by atoms with E-state index in [1.54, 1.807) is 35.3 Å². The number of methoxy groups -OCH3 is 1. The molecule has 1 aliphatic heterocycles. The lowest BCUT2D eigenvalue weighted by Gasteiger charge is -2.38. The van der Waals surface area contributed by atoms with Gasteiger partial charge in [-0.3, -0.25) is 0 Å². The number of rotatable bonds is 9. The zero-order valence-electron chi connectivity index (χ0n) is 18.8. The van der Waals surface area contributed by atoms with Crippen molar-refractivity contribution < 1.29 is 37.3 Å². The number of carbonyl (C=O) groups excluding carboxylic acids is 2. The number of carbonyl (C=O) groups is 2. The highest BCUT2D eigenvalue weighted by Crippen LogP contribution is 2.29. The molecule has 1 heterocycles. The molecule has 1 unspecified atom stereocenters. The molecule has 0 aromatic heterocycles. The number of ether oxygens (including phenoxy) is 2. The summed E-state index contributed by atoms with van der Waals surface area (Å²) in [5.41, 5.74) is 0.991. The first-order chi connectivity index (χ1) is 16.2. The Bertz CT molecular complexity index is 981. The number of aliphatic hydroxyl groups is 1. The van der Waals surface area contributed by atoms with Crippen molar-refractivity contribution in [2.45, 2.75) is 31.5 Å². The molecule has 184 valence electrons. The molecule has 0 radical (unpaired) electrons. The maximum Gasteiger partial charge on any atom is 0.424 e. The first-order valence-corrected chi connectivity index (χ1v) is 10.9. The predicted octanol–water partition coefficient (Wildman–Crippen LogP) is 3.70. The van der Waals surface area contributed by atoms with E-state index in [4.69, 9.17) is 4.74 Å². The van der Waals surface area contributed by atoms with Crippen LogP contribution in [0.2, 0.25) is 0 Å². The van der Waals surface area contributed by atoms with E-state index in [0.717, 1.165) is 17.7 Å². The summed E-state index contributed by atoms with van der Waals surface area (Å²) in [5, 5.41) is 13.6. The molecule has 1 atom stereocenters. The summed E-state index contributed by atoms with van der Waals surface area (Å²) in [6.07, 6.45) is -4.93. The van der Waals surface area contributed by atoms with Gasteiger partial charge in [0.05, 0.1) is 30.9 Å². The number of hydrazine groups is 1. The van der Waals surface area contributed by atoms with Crippen LogP contribution in [0.4, 0.5) is 18.0 Å². The molecule has 2 aromatic carbocycles. The molecule has 2 aromatic rings. The lowest BCUT2D eigenvalue weighted by atomic mass is 10.0. The van der Waals surface area contributed by atoms with E-state index in [2.05, 4.69) is 4.74 Å². The SMILES string of the molecule is COC(=O)c1ccc(CCN2C(=O)OCCN2CCC(O)Cc2cccc(C(F)(F)F)c2)cc1. The Kier molecular flexibility index (Phi) is 8.51. The normalized spacial score (nSPS) is 15.7. The number of cyclic esters (lactones) is 1. The van der Waals surface area contributed by atoms with Crippen molar-refractivity contribution in [2.24, 2.45) is 0 Å². The predicted molar refractivity (Wildman–Crippen MR) is 117 cm³/mol. The van der Waals surface area contributed by atoms with Crippen molar-refractivity contribution in [3.05, 3.63) is 70.8 Å². The van der Waals surface area contributed by atoms with Crippen LogP contribution in [0.5, 0.6) is 0 Å². The second-order valence-electron chi connectivity index (χ2n) is 7.97. The van der Waals surface area contributed by atoms with Crippen molar-refractivity contribution in [2.75, 3.05) is 33.4 Å². The van der Waals surface area contributed by atoms with Crippen molar-refractivity contribution in [1.29, 1.82) is 0 Å². The number of amides is 1. The minimum absolute atomic E-state index is 0.0781. The number of hydrogen-bond donors (Lipinski definition) is 1. The molecule has 1 fully saturated rings.